The summed E-state index contributed by atoms with van der Waals surface area (Å²) in [6.07, 6.45) is 6.86. The van der Waals surface area contributed by atoms with Gasteiger partial charge in [-0.2, -0.15) is 0 Å². The number of Topliss-reactive ketones (excluding diaryl/α,β-unsaturated/α-hetero) is 1. The number of benzene rings is 2. The van der Waals surface area contributed by atoms with Gasteiger partial charge in [-0.05, 0) is 67.9 Å². The summed E-state index contributed by atoms with van der Waals surface area (Å²) in [5, 5.41) is 10.1. The topological polar surface area (TPSA) is 57.0 Å². The summed E-state index contributed by atoms with van der Waals surface area (Å²) >= 11 is 7.65. The van der Waals surface area contributed by atoms with Crippen molar-refractivity contribution in [2.24, 2.45) is 0 Å². The smallest absolute Gasteiger partial charge is 0.192 e. The Morgan fingerprint density at radius 3 is 2.71 bits per heavy atom. The van der Waals surface area contributed by atoms with Crippen molar-refractivity contribution in [2.75, 3.05) is 5.75 Å². The summed E-state index contributed by atoms with van der Waals surface area (Å²) in [5.74, 6) is 1.89. The molecule has 0 N–H and O–H groups in total. The average Bonchev–Trinajstić information content (AvgIpc) is 3.56. The van der Waals surface area contributed by atoms with Gasteiger partial charge in [-0.15, -0.1) is 10.2 Å². The Bertz CT molecular complexity index is 1110. The number of nitrogens with zero attached hydrogens (tertiary/aromatic N) is 3. The minimum absolute atomic E-state index is 0.137. The number of hydrogen-bond acceptors (Lipinski definition) is 5. The van der Waals surface area contributed by atoms with Crippen molar-refractivity contribution in [3.63, 3.8) is 0 Å². The second-order valence-corrected chi connectivity index (χ2v) is 9.47. The molecule has 1 aromatic heterocycles. The molecule has 31 heavy (non-hydrogen) atoms. The van der Waals surface area contributed by atoms with Crippen LogP contribution in [-0.4, -0.2) is 26.3 Å². The van der Waals surface area contributed by atoms with Crippen LogP contribution in [0, 0.1) is 0 Å². The molecule has 0 atom stereocenters. The number of ether oxygens (including phenoxy) is 1. The maximum Gasteiger partial charge on any atom is 0.192 e. The lowest BCUT2D eigenvalue weighted by molar-refractivity contribution is 0.102. The van der Waals surface area contributed by atoms with E-state index in [1.807, 2.05) is 24.3 Å². The van der Waals surface area contributed by atoms with Gasteiger partial charge in [0.1, 0.15) is 12.4 Å². The Morgan fingerprint density at radius 1 is 1.10 bits per heavy atom. The van der Waals surface area contributed by atoms with E-state index in [1.165, 1.54) is 35.7 Å². The van der Waals surface area contributed by atoms with Gasteiger partial charge in [-0.1, -0.05) is 47.6 Å². The van der Waals surface area contributed by atoms with E-state index >= 15 is 0 Å². The average molecular weight is 454 g/mol. The van der Waals surface area contributed by atoms with Crippen LogP contribution in [-0.2, 0) is 19.4 Å². The molecule has 5 nitrogen and oxygen atoms in total. The van der Waals surface area contributed by atoms with Gasteiger partial charge in [-0.25, -0.2) is 0 Å². The maximum absolute atomic E-state index is 12.8. The summed E-state index contributed by atoms with van der Waals surface area (Å²) in [4.78, 5) is 12.8. The monoisotopic (exact) mass is 453 g/mol. The molecule has 0 bridgehead atoms. The molecule has 0 spiro atoms. The van der Waals surface area contributed by atoms with E-state index in [4.69, 9.17) is 16.3 Å². The highest BCUT2D eigenvalue weighted by Crippen LogP contribution is 2.39. The van der Waals surface area contributed by atoms with Gasteiger partial charge in [-0.3, -0.25) is 9.36 Å². The third-order valence-corrected chi connectivity index (χ3v) is 7.10. The number of fused-ring (bicyclic) bond motifs is 1. The van der Waals surface area contributed by atoms with Crippen LogP contribution in [0.25, 0.3) is 0 Å². The lowest BCUT2D eigenvalue weighted by atomic mass is 9.90. The highest BCUT2D eigenvalue weighted by molar-refractivity contribution is 7.99. The van der Waals surface area contributed by atoms with Crippen LogP contribution in [0.5, 0.6) is 5.75 Å². The first-order valence-electron chi connectivity index (χ1n) is 10.8. The van der Waals surface area contributed by atoms with E-state index in [0.29, 0.717) is 29.2 Å². The quantitative estimate of drug-likeness (QED) is 0.323. The second kappa shape index (κ2) is 9.05. The lowest BCUT2D eigenvalue weighted by Gasteiger charge is -2.16. The predicted octanol–water partition coefficient (Wildman–Crippen LogP) is 5.70. The van der Waals surface area contributed by atoms with Crippen LogP contribution < -0.4 is 4.74 Å². The van der Waals surface area contributed by atoms with Gasteiger partial charge in [0.25, 0.3) is 0 Å². The van der Waals surface area contributed by atoms with E-state index in [9.17, 15) is 4.79 Å². The summed E-state index contributed by atoms with van der Waals surface area (Å²) in [6, 6.07) is 14.0. The molecule has 0 radical (unpaired) electrons. The van der Waals surface area contributed by atoms with Crippen molar-refractivity contribution in [1.82, 2.24) is 14.8 Å². The summed E-state index contributed by atoms with van der Waals surface area (Å²) in [7, 11) is 0. The summed E-state index contributed by atoms with van der Waals surface area (Å²) in [5.41, 5.74) is 3.53. The zero-order valence-corrected chi connectivity index (χ0v) is 18.8. The number of carbonyl (C=O) groups excluding carboxylic acids is 1. The number of thioether (sulfide) groups is 1. The molecule has 2 aliphatic carbocycles. The van der Waals surface area contributed by atoms with E-state index in [2.05, 4.69) is 26.9 Å². The number of aryl methyl sites for hydroxylation is 2. The molecule has 1 saturated carbocycles. The van der Waals surface area contributed by atoms with Crippen molar-refractivity contribution in [3.05, 3.63) is 70.0 Å². The Morgan fingerprint density at radius 2 is 1.90 bits per heavy atom. The molecule has 0 amide bonds. The van der Waals surface area contributed by atoms with Crippen LogP contribution in [0.2, 0.25) is 5.02 Å². The van der Waals surface area contributed by atoms with Crippen molar-refractivity contribution >= 4 is 29.1 Å². The predicted molar refractivity (Wildman–Crippen MR) is 122 cm³/mol. The molecule has 2 aliphatic rings. The van der Waals surface area contributed by atoms with E-state index in [-0.39, 0.29) is 5.78 Å². The molecule has 5 rings (SSSR count). The van der Waals surface area contributed by atoms with Crippen molar-refractivity contribution in [3.8, 4) is 5.75 Å². The number of carbonyl (C=O) groups is 1. The van der Waals surface area contributed by atoms with E-state index < -0.39 is 0 Å². The molecule has 1 fully saturated rings. The SMILES string of the molecule is O=C(CSc1nnc(COc2ccccc2Cl)n1C1CC1)c1ccc2c(c1)CCCC2. The second-order valence-electron chi connectivity index (χ2n) is 8.12. The van der Waals surface area contributed by atoms with Gasteiger partial charge < -0.3 is 4.74 Å². The number of rotatable bonds is 8. The standard InChI is InChI=1S/C24H24ClN3O2S/c25-20-7-3-4-8-22(20)30-14-23-26-27-24(28(23)19-11-12-19)31-15-21(29)18-10-9-16-5-1-2-6-17(16)13-18/h3-4,7-10,13,19H,1-2,5-6,11-12,14-15H2. The Hall–Kier alpha value is -2.31. The molecular weight excluding hydrogens is 430 g/mol. The maximum atomic E-state index is 12.8. The zero-order valence-electron chi connectivity index (χ0n) is 17.2. The number of halogens is 1. The fraction of sp³-hybridized carbons (Fsp3) is 0.375. The molecule has 160 valence electrons. The molecule has 1 heterocycles. The van der Waals surface area contributed by atoms with Gasteiger partial charge in [0.05, 0.1) is 10.8 Å². The summed E-state index contributed by atoms with van der Waals surface area (Å²) in [6.45, 7) is 0.298. The Labute approximate surface area is 191 Å². The van der Waals surface area contributed by atoms with Gasteiger partial charge in [0.2, 0.25) is 0 Å². The number of aromatic nitrogens is 3. The van der Waals surface area contributed by atoms with Crippen LogP contribution in [0.3, 0.4) is 0 Å². The third-order valence-electron chi connectivity index (χ3n) is 5.84. The zero-order chi connectivity index (χ0) is 21.2. The fourth-order valence-electron chi connectivity index (χ4n) is 4.03. The normalized spacial score (nSPS) is 15.5. The number of para-hydroxylation sites is 1. The van der Waals surface area contributed by atoms with E-state index in [1.54, 1.807) is 6.07 Å². The van der Waals surface area contributed by atoms with Crippen molar-refractivity contribution < 1.29 is 9.53 Å². The summed E-state index contributed by atoms with van der Waals surface area (Å²) < 4.78 is 8.00. The largest absolute Gasteiger partial charge is 0.484 e. The Kier molecular flexibility index (Phi) is 6.01. The van der Waals surface area contributed by atoms with Crippen molar-refractivity contribution in [2.45, 2.75) is 56.3 Å². The number of hydrogen-bond donors (Lipinski definition) is 0. The molecular formula is C24H24ClN3O2S. The minimum Gasteiger partial charge on any atom is -0.484 e. The van der Waals surface area contributed by atoms with Gasteiger partial charge >= 0.3 is 0 Å². The van der Waals surface area contributed by atoms with Gasteiger partial charge in [0.15, 0.2) is 16.8 Å². The third kappa shape index (κ3) is 4.65. The molecule has 0 unspecified atom stereocenters. The molecule has 0 aliphatic heterocycles. The number of ketones is 1. The Balaban J connectivity index is 1.26. The first-order chi connectivity index (χ1) is 15.2. The molecule has 2 aromatic carbocycles. The van der Waals surface area contributed by atoms with Crippen LogP contribution in [0.15, 0.2) is 47.6 Å². The van der Waals surface area contributed by atoms with Crippen LogP contribution >= 0.6 is 23.4 Å². The van der Waals surface area contributed by atoms with Crippen LogP contribution in [0.4, 0.5) is 0 Å². The molecule has 0 saturated heterocycles. The molecule has 3 aromatic rings. The van der Waals surface area contributed by atoms with Crippen molar-refractivity contribution in [1.29, 1.82) is 0 Å². The highest BCUT2D eigenvalue weighted by Gasteiger charge is 2.30. The van der Waals surface area contributed by atoms with E-state index in [0.717, 1.165) is 42.2 Å². The fourth-order valence-corrected chi connectivity index (χ4v) is 5.14. The first-order valence-corrected chi connectivity index (χ1v) is 12.1. The minimum atomic E-state index is 0.137. The van der Waals surface area contributed by atoms with Gasteiger partial charge in [0, 0.05) is 11.6 Å². The lowest BCUT2D eigenvalue weighted by Crippen LogP contribution is -2.09. The first kappa shape index (κ1) is 20.6. The highest BCUT2D eigenvalue weighted by atomic mass is 35.5. The van der Waals surface area contributed by atoms with Crippen LogP contribution in [0.1, 0.15) is 59.0 Å². The molecule has 7 heteroatoms.